The highest BCUT2D eigenvalue weighted by atomic mass is 32.1. The van der Waals surface area contributed by atoms with E-state index in [0.717, 1.165) is 43.1 Å². The van der Waals surface area contributed by atoms with Gasteiger partial charge in [-0.15, -0.1) is 11.3 Å². The standard InChI is InChI=1S/C22H29N3O2S/c1-16(2)21(27)23-13-19-15-28-22(24-19)18-9-6-12-25(14-18)20(26)11-10-17-7-4-3-5-8-17/h3-5,7-8,15-16,18H,6,9-14H2,1-2H3,(H,23,27)/t18-/m1/s1. The summed E-state index contributed by atoms with van der Waals surface area (Å²) < 4.78 is 0. The number of nitrogens with zero attached hydrogens (tertiary/aromatic N) is 2. The van der Waals surface area contributed by atoms with E-state index in [4.69, 9.17) is 4.98 Å². The molecule has 1 aromatic heterocycles. The molecule has 6 heteroatoms. The summed E-state index contributed by atoms with van der Waals surface area (Å²) in [5.74, 6) is 0.554. The SMILES string of the molecule is CC(C)C(=O)NCc1csc([C@@H]2CCCN(C(=O)CCc3ccccc3)C2)n1. The van der Waals surface area contributed by atoms with Crippen molar-refractivity contribution in [2.75, 3.05) is 13.1 Å². The van der Waals surface area contributed by atoms with Gasteiger partial charge in [0, 0.05) is 36.7 Å². The minimum Gasteiger partial charge on any atom is -0.350 e. The van der Waals surface area contributed by atoms with Crippen LogP contribution in [0.3, 0.4) is 0 Å². The van der Waals surface area contributed by atoms with E-state index in [9.17, 15) is 9.59 Å². The lowest BCUT2D eigenvalue weighted by atomic mass is 9.98. The highest BCUT2D eigenvalue weighted by molar-refractivity contribution is 7.09. The van der Waals surface area contributed by atoms with Gasteiger partial charge in [-0.1, -0.05) is 44.2 Å². The smallest absolute Gasteiger partial charge is 0.222 e. The molecular formula is C22H29N3O2S. The summed E-state index contributed by atoms with van der Waals surface area (Å²) in [6.45, 7) is 5.83. The highest BCUT2D eigenvalue weighted by Crippen LogP contribution is 2.29. The van der Waals surface area contributed by atoms with Crippen LogP contribution < -0.4 is 5.32 Å². The van der Waals surface area contributed by atoms with Crippen molar-refractivity contribution < 1.29 is 9.59 Å². The maximum atomic E-state index is 12.7. The summed E-state index contributed by atoms with van der Waals surface area (Å²) in [7, 11) is 0. The number of nitrogens with one attached hydrogen (secondary N) is 1. The molecule has 150 valence electrons. The molecule has 0 bridgehead atoms. The molecule has 1 atom stereocenters. The zero-order chi connectivity index (χ0) is 19.9. The average molecular weight is 400 g/mol. The fourth-order valence-electron chi connectivity index (χ4n) is 3.43. The molecule has 1 saturated heterocycles. The summed E-state index contributed by atoms with van der Waals surface area (Å²) in [4.78, 5) is 31.1. The van der Waals surface area contributed by atoms with E-state index >= 15 is 0 Å². The van der Waals surface area contributed by atoms with Crippen LogP contribution in [0.15, 0.2) is 35.7 Å². The van der Waals surface area contributed by atoms with Crippen LogP contribution in [-0.4, -0.2) is 34.8 Å². The molecule has 0 saturated carbocycles. The predicted molar refractivity (Wildman–Crippen MR) is 112 cm³/mol. The summed E-state index contributed by atoms with van der Waals surface area (Å²) >= 11 is 1.64. The normalized spacial score (nSPS) is 17.0. The van der Waals surface area contributed by atoms with Gasteiger partial charge in [0.15, 0.2) is 0 Å². The molecule has 5 nitrogen and oxygen atoms in total. The third kappa shape index (κ3) is 5.64. The lowest BCUT2D eigenvalue weighted by Gasteiger charge is -2.32. The van der Waals surface area contributed by atoms with Gasteiger partial charge in [0.2, 0.25) is 11.8 Å². The Morgan fingerprint density at radius 3 is 2.82 bits per heavy atom. The highest BCUT2D eigenvalue weighted by Gasteiger charge is 2.26. The summed E-state index contributed by atoms with van der Waals surface area (Å²) in [6.07, 6.45) is 3.42. The molecule has 1 aliphatic rings. The van der Waals surface area contributed by atoms with Crippen LogP contribution in [0.1, 0.15) is 55.3 Å². The number of hydrogen-bond donors (Lipinski definition) is 1. The Morgan fingerprint density at radius 2 is 2.07 bits per heavy atom. The molecule has 2 aromatic rings. The molecule has 2 amide bonds. The second-order valence-electron chi connectivity index (χ2n) is 7.71. The van der Waals surface area contributed by atoms with Gasteiger partial charge in [0.05, 0.1) is 17.2 Å². The molecular weight excluding hydrogens is 370 g/mol. The predicted octanol–water partition coefficient (Wildman–Crippen LogP) is 3.75. The molecule has 0 unspecified atom stereocenters. The van der Waals surface area contributed by atoms with Gasteiger partial charge in [-0.25, -0.2) is 4.98 Å². The van der Waals surface area contributed by atoms with Crippen molar-refractivity contribution in [3.8, 4) is 0 Å². The number of hydrogen-bond acceptors (Lipinski definition) is 4. The Labute approximate surface area is 171 Å². The summed E-state index contributed by atoms with van der Waals surface area (Å²) in [6, 6.07) is 10.2. The molecule has 1 N–H and O–H groups in total. The summed E-state index contributed by atoms with van der Waals surface area (Å²) in [5.41, 5.74) is 2.11. The largest absolute Gasteiger partial charge is 0.350 e. The number of carbonyl (C=O) groups is 2. The molecule has 0 radical (unpaired) electrons. The molecule has 28 heavy (non-hydrogen) atoms. The zero-order valence-electron chi connectivity index (χ0n) is 16.7. The number of likely N-dealkylation sites (tertiary alicyclic amines) is 1. The van der Waals surface area contributed by atoms with E-state index in [1.165, 1.54) is 5.56 Å². The van der Waals surface area contributed by atoms with Crippen LogP contribution in [0.2, 0.25) is 0 Å². The zero-order valence-corrected chi connectivity index (χ0v) is 17.5. The van der Waals surface area contributed by atoms with Gasteiger partial charge in [-0.05, 0) is 24.8 Å². The second-order valence-corrected chi connectivity index (χ2v) is 8.60. The topological polar surface area (TPSA) is 62.3 Å². The Kier molecular flexibility index (Phi) is 7.20. The number of carbonyl (C=O) groups excluding carboxylic acids is 2. The quantitative estimate of drug-likeness (QED) is 0.771. The maximum absolute atomic E-state index is 12.7. The van der Waals surface area contributed by atoms with Gasteiger partial charge >= 0.3 is 0 Å². The van der Waals surface area contributed by atoms with Crippen molar-refractivity contribution >= 4 is 23.2 Å². The fourth-order valence-corrected chi connectivity index (χ4v) is 4.38. The lowest BCUT2D eigenvalue weighted by Crippen LogP contribution is -2.39. The molecule has 1 aromatic carbocycles. The van der Waals surface area contributed by atoms with Crippen LogP contribution in [0.25, 0.3) is 0 Å². The first-order chi connectivity index (χ1) is 13.5. The molecule has 1 aliphatic heterocycles. The number of aryl methyl sites for hydroxylation is 1. The van der Waals surface area contributed by atoms with Gasteiger partial charge in [0.25, 0.3) is 0 Å². The second kappa shape index (κ2) is 9.82. The van der Waals surface area contributed by atoms with E-state index in [0.29, 0.717) is 18.9 Å². The average Bonchev–Trinajstić information content (AvgIpc) is 3.20. The first-order valence-electron chi connectivity index (χ1n) is 10.1. The van der Waals surface area contributed by atoms with Gasteiger partial charge in [-0.3, -0.25) is 9.59 Å². The van der Waals surface area contributed by atoms with Gasteiger partial charge in [0.1, 0.15) is 0 Å². The van der Waals surface area contributed by atoms with E-state index < -0.39 is 0 Å². The van der Waals surface area contributed by atoms with Crippen molar-refractivity contribution in [1.82, 2.24) is 15.2 Å². The fraction of sp³-hybridized carbons (Fsp3) is 0.500. The van der Waals surface area contributed by atoms with Crippen LogP contribution in [0.4, 0.5) is 0 Å². The molecule has 3 rings (SSSR count). The molecule has 1 fully saturated rings. The van der Waals surface area contributed by atoms with Crippen LogP contribution in [-0.2, 0) is 22.6 Å². The Balaban J connectivity index is 1.51. The Morgan fingerprint density at radius 1 is 1.29 bits per heavy atom. The van der Waals surface area contributed by atoms with Crippen LogP contribution in [0, 0.1) is 5.92 Å². The number of rotatable bonds is 7. The molecule has 0 spiro atoms. The lowest BCUT2D eigenvalue weighted by molar-refractivity contribution is -0.132. The van der Waals surface area contributed by atoms with Gasteiger partial charge < -0.3 is 10.2 Å². The van der Waals surface area contributed by atoms with Crippen molar-refractivity contribution in [3.05, 3.63) is 52.0 Å². The van der Waals surface area contributed by atoms with Crippen molar-refractivity contribution in [2.24, 2.45) is 5.92 Å². The summed E-state index contributed by atoms with van der Waals surface area (Å²) in [5, 5.41) is 6.01. The minimum absolute atomic E-state index is 0.0214. The number of thiazole rings is 1. The van der Waals surface area contributed by atoms with Gasteiger partial charge in [-0.2, -0.15) is 0 Å². The number of benzene rings is 1. The Bertz CT molecular complexity index is 788. The van der Waals surface area contributed by atoms with Crippen molar-refractivity contribution in [1.29, 1.82) is 0 Å². The van der Waals surface area contributed by atoms with E-state index in [1.54, 1.807) is 11.3 Å². The van der Waals surface area contributed by atoms with Crippen molar-refractivity contribution in [3.63, 3.8) is 0 Å². The Hall–Kier alpha value is -2.21. The molecule has 2 heterocycles. The number of aromatic nitrogens is 1. The first kappa shape index (κ1) is 20.5. The minimum atomic E-state index is -0.0214. The third-order valence-electron chi connectivity index (χ3n) is 5.13. The van der Waals surface area contributed by atoms with E-state index in [1.807, 2.05) is 42.3 Å². The van der Waals surface area contributed by atoms with E-state index in [2.05, 4.69) is 17.4 Å². The van der Waals surface area contributed by atoms with E-state index in [-0.39, 0.29) is 17.7 Å². The number of amides is 2. The number of piperidine rings is 1. The monoisotopic (exact) mass is 399 g/mol. The first-order valence-corrected chi connectivity index (χ1v) is 10.9. The van der Waals surface area contributed by atoms with Crippen molar-refractivity contribution in [2.45, 2.75) is 52.0 Å². The maximum Gasteiger partial charge on any atom is 0.222 e. The van der Waals surface area contributed by atoms with Crippen LogP contribution in [0.5, 0.6) is 0 Å². The third-order valence-corrected chi connectivity index (χ3v) is 6.19. The van der Waals surface area contributed by atoms with Crippen LogP contribution >= 0.6 is 11.3 Å². The molecule has 0 aliphatic carbocycles.